The lowest BCUT2D eigenvalue weighted by Crippen LogP contribution is -2.37. The van der Waals surface area contributed by atoms with E-state index < -0.39 is 28.4 Å². The number of rotatable bonds is 6. The molecule has 6 N–H and O–H groups in total. The van der Waals surface area contributed by atoms with Crippen LogP contribution >= 0.6 is 11.3 Å². The molecule has 15 heteroatoms. The average Bonchev–Trinajstić information content (AvgIpc) is 3.07. The number of nitrogens with zero attached hydrogens (tertiary/aromatic N) is 3. The van der Waals surface area contributed by atoms with Crippen molar-refractivity contribution < 1.29 is 26.8 Å². The van der Waals surface area contributed by atoms with Crippen LogP contribution in [-0.2, 0) is 21.2 Å². The van der Waals surface area contributed by atoms with Crippen LogP contribution in [0.15, 0.2) is 0 Å². The summed E-state index contributed by atoms with van der Waals surface area (Å²) in [6.45, 7) is 0.751. The largest absolute Gasteiger partial charge is 0.418 e. The molecule has 1 atom stereocenters. The van der Waals surface area contributed by atoms with Gasteiger partial charge in [-0.05, 0) is 0 Å². The number of nitrogens with one attached hydrogen (secondary N) is 3. The van der Waals surface area contributed by atoms with Crippen molar-refractivity contribution in [3.8, 4) is 0 Å². The molecular formula is C11H15N7O6S2. The number of thiazole rings is 1. The van der Waals surface area contributed by atoms with E-state index in [9.17, 15) is 18.0 Å². The van der Waals surface area contributed by atoms with Crippen LogP contribution < -0.4 is 16.4 Å². The fourth-order valence-corrected chi connectivity index (χ4v) is 4.04. The molecule has 142 valence electrons. The Kier molecular flexibility index (Phi) is 4.70. The van der Waals surface area contributed by atoms with Crippen molar-refractivity contribution in [3.05, 3.63) is 15.6 Å². The molecule has 0 unspecified atom stereocenters. The van der Waals surface area contributed by atoms with Gasteiger partial charge in [0.1, 0.15) is 6.04 Å². The minimum atomic E-state index is -4.86. The normalized spacial score (nSPS) is 18.7. The number of aromatic nitrogens is 1. The molecule has 1 aromatic heterocycles. The molecule has 1 aromatic rings. The highest BCUT2D eigenvalue weighted by atomic mass is 32.3. The Hall–Kier alpha value is -2.49. The van der Waals surface area contributed by atoms with E-state index in [4.69, 9.17) is 15.7 Å². The van der Waals surface area contributed by atoms with Crippen LogP contribution in [0.25, 0.3) is 0 Å². The first-order valence-corrected chi connectivity index (χ1v) is 9.44. The molecule has 0 saturated carbocycles. The highest BCUT2D eigenvalue weighted by Crippen LogP contribution is 2.41. The Bertz CT molecular complexity index is 868. The predicted octanol–water partition coefficient (Wildman–Crippen LogP) is -1.62. The number of carbonyl (C=O) groups excluding carboxylic acids is 2. The summed E-state index contributed by atoms with van der Waals surface area (Å²) >= 11 is 1.01. The molecule has 13 nitrogen and oxygen atoms in total. The lowest BCUT2D eigenvalue weighted by molar-refractivity contribution is -0.0307. The van der Waals surface area contributed by atoms with E-state index in [1.807, 2.05) is 0 Å². The zero-order valence-corrected chi connectivity index (χ0v) is 14.8. The van der Waals surface area contributed by atoms with E-state index in [2.05, 4.69) is 19.9 Å². The van der Waals surface area contributed by atoms with E-state index in [1.165, 1.54) is 4.90 Å². The number of fused-ring (bicyclic) bond motifs is 4. The molecular weight excluding hydrogens is 390 g/mol. The molecule has 2 bridgehead atoms. The van der Waals surface area contributed by atoms with Crippen LogP contribution in [0.3, 0.4) is 0 Å². The predicted molar refractivity (Wildman–Crippen MR) is 87.4 cm³/mol. The van der Waals surface area contributed by atoms with E-state index in [1.54, 1.807) is 0 Å². The Morgan fingerprint density at radius 3 is 2.81 bits per heavy atom. The van der Waals surface area contributed by atoms with Gasteiger partial charge in [-0.3, -0.25) is 14.8 Å². The van der Waals surface area contributed by atoms with Crippen LogP contribution in [0.4, 0.5) is 4.79 Å². The number of amides is 3. The van der Waals surface area contributed by atoms with Crippen molar-refractivity contribution >= 4 is 39.6 Å². The molecule has 2 aliphatic heterocycles. The van der Waals surface area contributed by atoms with Crippen molar-refractivity contribution in [1.29, 1.82) is 5.41 Å². The van der Waals surface area contributed by atoms with Gasteiger partial charge >= 0.3 is 16.4 Å². The lowest BCUT2D eigenvalue weighted by atomic mass is 10.1. The molecule has 3 amide bonds. The zero-order chi connectivity index (χ0) is 19.1. The Balaban J connectivity index is 1.73. The number of hydrogen-bond acceptors (Lipinski definition) is 8. The Morgan fingerprint density at radius 2 is 2.15 bits per heavy atom. The van der Waals surface area contributed by atoms with Crippen molar-refractivity contribution in [2.24, 2.45) is 5.73 Å². The minimum Gasteiger partial charge on any atom is -0.370 e. The van der Waals surface area contributed by atoms with Gasteiger partial charge < -0.3 is 21.3 Å². The fraction of sp³-hybridized carbons (Fsp3) is 0.455. The van der Waals surface area contributed by atoms with E-state index in [-0.39, 0.29) is 37.1 Å². The Morgan fingerprint density at radius 1 is 1.46 bits per heavy atom. The standard InChI is InChI=1S/C11H15N7O6S2/c12-10(13)15-2-1-14-8(19)9-16-5-3-17-4-6(7(5)25-9)18(11(17)20)24-26(21,22)23/h6H,1-4H2,(H,14,19)(H4,12,13,15)(H,21,22,23)/t6-/m0/s1. The average molecular weight is 405 g/mol. The van der Waals surface area contributed by atoms with Gasteiger partial charge in [0.25, 0.3) is 5.91 Å². The van der Waals surface area contributed by atoms with Crippen molar-refractivity contribution in [2.75, 3.05) is 19.6 Å². The van der Waals surface area contributed by atoms with Crippen LogP contribution in [0, 0.1) is 5.41 Å². The van der Waals surface area contributed by atoms with Gasteiger partial charge in [-0.2, -0.15) is 13.5 Å². The van der Waals surface area contributed by atoms with Crippen molar-refractivity contribution in [3.63, 3.8) is 0 Å². The quantitative estimate of drug-likeness (QED) is 0.160. The molecule has 0 spiro atoms. The van der Waals surface area contributed by atoms with Gasteiger partial charge in [0.15, 0.2) is 11.0 Å². The maximum Gasteiger partial charge on any atom is 0.418 e. The second kappa shape index (κ2) is 6.67. The summed E-state index contributed by atoms with van der Waals surface area (Å²) in [4.78, 5) is 30.3. The van der Waals surface area contributed by atoms with Gasteiger partial charge in [0.05, 0.1) is 23.7 Å². The van der Waals surface area contributed by atoms with Crippen LogP contribution in [0.5, 0.6) is 0 Å². The third-order valence-electron chi connectivity index (χ3n) is 3.60. The molecule has 3 rings (SSSR count). The Labute approximate surface area is 151 Å². The van der Waals surface area contributed by atoms with Crippen LogP contribution in [0.1, 0.15) is 26.4 Å². The summed E-state index contributed by atoms with van der Waals surface area (Å²) in [5.41, 5.74) is 5.60. The summed E-state index contributed by atoms with van der Waals surface area (Å²) in [6.07, 6.45) is 0. The molecule has 0 aromatic carbocycles. The maximum atomic E-state index is 12.2. The number of nitrogens with two attached hydrogens (primary N) is 1. The summed E-state index contributed by atoms with van der Waals surface area (Å²) in [5, 5.41) is 12.9. The highest BCUT2D eigenvalue weighted by Gasteiger charge is 2.47. The fourth-order valence-electron chi connectivity index (χ4n) is 2.60. The van der Waals surface area contributed by atoms with Crippen molar-refractivity contribution in [1.82, 2.24) is 25.6 Å². The van der Waals surface area contributed by atoms with Crippen molar-refractivity contribution in [2.45, 2.75) is 12.6 Å². The summed E-state index contributed by atoms with van der Waals surface area (Å²) in [5.74, 6) is -0.660. The number of carbonyl (C=O) groups is 2. The molecule has 26 heavy (non-hydrogen) atoms. The molecule has 2 aliphatic rings. The van der Waals surface area contributed by atoms with E-state index in [0.29, 0.717) is 15.6 Å². The summed E-state index contributed by atoms with van der Waals surface area (Å²) in [6, 6.07) is -1.49. The second-order valence-electron chi connectivity index (χ2n) is 5.43. The molecule has 1 saturated heterocycles. The monoisotopic (exact) mass is 405 g/mol. The maximum absolute atomic E-state index is 12.2. The van der Waals surface area contributed by atoms with Gasteiger partial charge in [-0.1, -0.05) is 0 Å². The van der Waals surface area contributed by atoms with Crippen LogP contribution in [-0.4, -0.2) is 65.4 Å². The van der Waals surface area contributed by atoms with Gasteiger partial charge in [0.2, 0.25) is 0 Å². The summed E-state index contributed by atoms with van der Waals surface area (Å²) in [7, 11) is -4.86. The van der Waals surface area contributed by atoms with Gasteiger partial charge in [-0.25, -0.2) is 9.78 Å². The number of hydrogen-bond donors (Lipinski definition) is 5. The third-order valence-corrected chi connectivity index (χ3v) is 5.15. The number of urea groups is 1. The van der Waals surface area contributed by atoms with Crippen LogP contribution in [0.2, 0.25) is 0 Å². The summed E-state index contributed by atoms with van der Waals surface area (Å²) < 4.78 is 35.1. The zero-order valence-electron chi connectivity index (χ0n) is 13.1. The smallest absolute Gasteiger partial charge is 0.370 e. The first-order valence-electron chi connectivity index (χ1n) is 7.26. The SMILES string of the molecule is N=C(N)NCCNC(=O)c1nc2c(s1)[C@@H]1CN(C2)C(=O)N1OS(=O)(=O)O. The van der Waals surface area contributed by atoms with E-state index in [0.717, 1.165) is 11.3 Å². The third kappa shape index (κ3) is 3.69. The van der Waals surface area contributed by atoms with Gasteiger partial charge in [-0.15, -0.1) is 15.6 Å². The molecule has 0 aliphatic carbocycles. The molecule has 3 heterocycles. The molecule has 0 radical (unpaired) electrons. The first-order chi connectivity index (χ1) is 12.2. The topological polar surface area (TPSA) is 191 Å². The minimum absolute atomic E-state index is 0.103. The first kappa shape index (κ1) is 18.3. The highest BCUT2D eigenvalue weighted by molar-refractivity contribution is 7.80. The van der Waals surface area contributed by atoms with Gasteiger partial charge in [0, 0.05) is 13.1 Å². The molecule has 1 fully saturated rings. The van der Waals surface area contributed by atoms with E-state index >= 15 is 0 Å². The number of guanidine groups is 1. The lowest BCUT2D eigenvalue weighted by Gasteiger charge is -2.20. The second-order valence-corrected chi connectivity index (χ2v) is 7.47. The number of hydroxylamine groups is 2.